The number of hydrogen-bond acceptors (Lipinski definition) is 2. The summed E-state index contributed by atoms with van der Waals surface area (Å²) < 4.78 is -1.52. The minimum absolute atomic E-state index is 0.108. The van der Waals surface area contributed by atoms with Gasteiger partial charge >= 0.3 is 0 Å². The first-order valence-corrected chi connectivity index (χ1v) is 4.38. The van der Waals surface area contributed by atoms with Crippen molar-refractivity contribution in [3.8, 4) is 5.75 Å². The summed E-state index contributed by atoms with van der Waals surface area (Å²) in [5, 5.41) is 8.99. The molecule has 0 saturated carbocycles. The van der Waals surface area contributed by atoms with E-state index in [9.17, 15) is 4.79 Å². The third-order valence-corrected chi connectivity index (χ3v) is 2.64. The fourth-order valence-electron chi connectivity index (χ4n) is 0.874. The van der Waals surface area contributed by atoms with E-state index >= 15 is 0 Å². The highest BCUT2D eigenvalue weighted by Gasteiger charge is 2.31. The maximum absolute atomic E-state index is 11.0. The molecule has 0 spiro atoms. The van der Waals surface area contributed by atoms with Crippen molar-refractivity contribution in [2.24, 2.45) is 0 Å². The van der Waals surface area contributed by atoms with E-state index < -0.39 is 4.33 Å². The monoisotopic (exact) mass is 218 g/mol. The van der Waals surface area contributed by atoms with Crippen LogP contribution >= 0.6 is 23.2 Å². The molecule has 0 bridgehead atoms. The Kier molecular flexibility index (Phi) is 2.84. The summed E-state index contributed by atoms with van der Waals surface area (Å²) in [5.74, 6) is -0.238. The number of ketones is 1. The number of benzene rings is 1. The normalized spacial score (nSPS) is 11.3. The second kappa shape index (κ2) is 3.56. The molecule has 0 unspecified atom stereocenters. The fourth-order valence-corrected chi connectivity index (χ4v) is 1.13. The molecule has 0 saturated heterocycles. The predicted molar refractivity (Wildman–Crippen MR) is 52.2 cm³/mol. The zero-order chi connectivity index (χ0) is 10.1. The highest BCUT2D eigenvalue weighted by molar-refractivity contribution is 6.57. The summed E-state index contributed by atoms with van der Waals surface area (Å²) >= 11 is 11.6. The van der Waals surface area contributed by atoms with Crippen molar-refractivity contribution in [2.45, 2.75) is 11.3 Å². The maximum atomic E-state index is 11.0. The van der Waals surface area contributed by atoms with Crippen LogP contribution < -0.4 is 0 Å². The quantitative estimate of drug-likeness (QED) is 0.776. The van der Waals surface area contributed by atoms with Crippen LogP contribution in [0.3, 0.4) is 0 Å². The minimum Gasteiger partial charge on any atom is -0.508 e. The van der Waals surface area contributed by atoms with Gasteiger partial charge in [-0.05, 0) is 24.6 Å². The Bertz CT molecular complexity index is 317. The summed E-state index contributed by atoms with van der Waals surface area (Å²) in [6, 6.07) is 5.88. The summed E-state index contributed by atoms with van der Waals surface area (Å²) in [7, 11) is 0. The van der Waals surface area contributed by atoms with Gasteiger partial charge in [0.05, 0.1) is 0 Å². The lowest BCUT2D eigenvalue weighted by atomic mass is 10.1. The average Bonchev–Trinajstić information content (AvgIpc) is 2.04. The first-order valence-electron chi connectivity index (χ1n) is 3.63. The number of Topliss-reactive ketones (excluding diaryl/α,β-unsaturated/α-hetero) is 1. The van der Waals surface area contributed by atoms with Gasteiger partial charge < -0.3 is 5.11 Å². The third-order valence-electron chi connectivity index (χ3n) is 1.67. The second-order valence-corrected chi connectivity index (χ2v) is 4.00. The first kappa shape index (κ1) is 10.4. The number of rotatable bonds is 2. The molecule has 1 rings (SSSR count). The number of halogens is 2. The van der Waals surface area contributed by atoms with E-state index in [1.165, 1.54) is 31.2 Å². The van der Waals surface area contributed by atoms with Gasteiger partial charge in [-0.2, -0.15) is 0 Å². The first-order chi connectivity index (χ1) is 5.94. The lowest BCUT2D eigenvalue weighted by Gasteiger charge is -2.15. The van der Waals surface area contributed by atoms with Crippen LogP contribution in [0.5, 0.6) is 5.75 Å². The SMILES string of the molecule is CC(=O)C(Cl)(Cl)c1ccc(O)cc1. The molecular weight excluding hydrogens is 211 g/mol. The Morgan fingerprint density at radius 2 is 1.77 bits per heavy atom. The number of phenolic OH excluding ortho intramolecular Hbond substituents is 1. The van der Waals surface area contributed by atoms with Crippen LogP contribution in [-0.2, 0) is 9.13 Å². The lowest BCUT2D eigenvalue weighted by molar-refractivity contribution is -0.117. The van der Waals surface area contributed by atoms with Crippen LogP contribution in [0.15, 0.2) is 24.3 Å². The second-order valence-electron chi connectivity index (χ2n) is 2.68. The smallest absolute Gasteiger partial charge is 0.200 e. The molecule has 1 aromatic carbocycles. The Hall–Kier alpha value is -0.730. The molecule has 1 N–H and O–H groups in total. The van der Waals surface area contributed by atoms with E-state index in [0.29, 0.717) is 5.56 Å². The molecular formula is C9H8Cl2O2. The van der Waals surface area contributed by atoms with Crippen molar-refractivity contribution < 1.29 is 9.90 Å². The fraction of sp³-hybridized carbons (Fsp3) is 0.222. The molecule has 0 aromatic heterocycles. The Labute approximate surface area is 86.1 Å². The molecule has 0 aliphatic heterocycles. The summed E-state index contributed by atoms with van der Waals surface area (Å²) in [6.45, 7) is 1.31. The number of aromatic hydroxyl groups is 1. The zero-order valence-electron chi connectivity index (χ0n) is 6.92. The van der Waals surface area contributed by atoms with Crippen LogP contribution in [0.4, 0.5) is 0 Å². The molecule has 0 fully saturated rings. The van der Waals surface area contributed by atoms with Crippen molar-refractivity contribution in [1.82, 2.24) is 0 Å². The molecule has 0 aliphatic carbocycles. The van der Waals surface area contributed by atoms with E-state index in [-0.39, 0.29) is 11.5 Å². The molecule has 4 heteroatoms. The highest BCUT2D eigenvalue weighted by atomic mass is 35.5. The molecule has 0 atom stereocenters. The number of alkyl halides is 2. The van der Waals surface area contributed by atoms with E-state index in [2.05, 4.69) is 0 Å². The van der Waals surface area contributed by atoms with Crippen LogP contribution in [0, 0.1) is 0 Å². The van der Waals surface area contributed by atoms with Gasteiger partial charge in [-0.15, -0.1) is 0 Å². The largest absolute Gasteiger partial charge is 0.508 e. The van der Waals surface area contributed by atoms with Gasteiger partial charge in [-0.3, -0.25) is 4.79 Å². The zero-order valence-corrected chi connectivity index (χ0v) is 8.43. The maximum Gasteiger partial charge on any atom is 0.200 e. The van der Waals surface area contributed by atoms with E-state index in [0.717, 1.165) is 0 Å². The van der Waals surface area contributed by atoms with Gasteiger partial charge in [0, 0.05) is 0 Å². The molecule has 0 amide bonds. The molecule has 2 nitrogen and oxygen atoms in total. The number of hydrogen-bond donors (Lipinski definition) is 1. The van der Waals surface area contributed by atoms with Crippen molar-refractivity contribution in [2.75, 3.05) is 0 Å². The van der Waals surface area contributed by atoms with Crippen LogP contribution in [-0.4, -0.2) is 10.9 Å². The summed E-state index contributed by atoms with van der Waals surface area (Å²) in [4.78, 5) is 11.0. The number of phenols is 1. The summed E-state index contributed by atoms with van der Waals surface area (Å²) in [5.41, 5.74) is 0.459. The molecule has 1 aromatic rings. The lowest BCUT2D eigenvalue weighted by Crippen LogP contribution is -2.19. The predicted octanol–water partition coefficient (Wildman–Crippen LogP) is 2.61. The Morgan fingerprint density at radius 3 is 2.15 bits per heavy atom. The Balaban J connectivity index is 3.08. The average molecular weight is 219 g/mol. The van der Waals surface area contributed by atoms with Gasteiger partial charge in [0.25, 0.3) is 0 Å². The number of carbonyl (C=O) groups excluding carboxylic acids is 1. The van der Waals surface area contributed by atoms with Gasteiger partial charge in [0.15, 0.2) is 10.1 Å². The Morgan fingerprint density at radius 1 is 1.31 bits per heavy atom. The van der Waals surface area contributed by atoms with Crippen LogP contribution in [0.25, 0.3) is 0 Å². The molecule has 0 radical (unpaired) electrons. The van der Waals surface area contributed by atoms with E-state index in [1.807, 2.05) is 0 Å². The van der Waals surface area contributed by atoms with Crippen LogP contribution in [0.2, 0.25) is 0 Å². The third kappa shape index (κ3) is 2.14. The topological polar surface area (TPSA) is 37.3 Å². The number of carbonyl (C=O) groups is 1. The minimum atomic E-state index is -1.52. The molecule has 70 valence electrons. The highest BCUT2D eigenvalue weighted by Crippen LogP contribution is 2.35. The molecule has 13 heavy (non-hydrogen) atoms. The van der Waals surface area contributed by atoms with Crippen LogP contribution in [0.1, 0.15) is 12.5 Å². The molecule has 0 aliphatic rings. The van der Waals surface area contributed by atoms with Gasteiger partial charge in [0.2, 0.25) is 0 Å². The van der Waals surface area contributed by atoms with E-state index in [4.69, 9.17) is 28.3 Å². The van der Waals surface area contributed by atoms with Crippen molar-refractivity contribution in [3.05, 3.63) is 29.8 Å². The van der Waals surface area contributed by atoms with Crippen molar-refractivity contribution in [1.29, 1.82) is 0 Å². The van der Waals surface area contributed by atoms with Gasteiger partial charge in [-0.25, -0.2) is 0 Å². The van der Waals surface area contributed by atoms with Crippen molar-refractivity contribution in [3.63, 3.8) is 0 Å². The molecule has 0 heterocycles. The van der Waals surface area contributed by atoms with Crippen molar-refractivity contribution >= 4 is 29.0 Å². The van der Waals surface area contributed by atoms with E-state index in [1.54, 1.807) is 0 Å². The van der Waals surface area contributed by atoms with Gasteiger partial charge in [-0.1, -0.05) is 35.3 Å². The standard InChI is InChI=1S/C9H8Cl2O2/c1-6(12)9(10,11)7-2-4-8(13)5-3-7/h2-5,13H,1H3. The summed E-state index contributed by atoms with van der Waals surface area (Å²) in [6.07, 6.45) is 0. The van der Waals surface area contributed by atoms with Gasteiger partial charge in [0.1, 0.15) is 5.75 Å².